The highest BCUT2D eigenvalue weighted by Crippen LogP contribution is 2.61. The van der Waals surface area contributed by atoms with Crippen LogP contribution >= 0.6 is 0 Å². The molecule has 4 rings (SSSR count). The summed E-state index contributed by atoms with van der Waals surface area (Å²) in [6.07, 6.45) is 15.3. The summed E-state index contributed by atoms with van der Waals surface area (Å²) in [6, 6.07) is 0.689. The highest BCUT2D eigenvalue weighted by molar-refractivity contribution is 5.03. The number of hydrogen-bond donors (Lipinski definition) is 1. The quantitative estimate of drug-likeness (QED) is 0.664. The Hall–Kier alpha value is -0.300. The van der Waals surface area contributed by atoms with Crippen LogP contribution < -0.4 is 5.32 Å². The fourth-order valence-corrected chi connectivity index (χ4v) is 5.85. The average Bonchev–Trinajstić information content (AvgIpc) is 2.34. The first kappa shape index (κ1) is 13.7. The van der Waals surface area contributed by atoms with Gasteiger partial charge in [-0.05, 0) is 87.5 Å². The third-order valence-electron chi connectivity index (χ3n) is 5.98. The molecule has 1 nitrogen and oxygen atoms in total. The molecular formula is C18H31N. The van der Waals surface area contributed by atoms with Crippen LogP contribution in [0.4, 0.5) is 0 Å². The molecule has 0 saturated heterocycles. The molecule has 1 heteroatoms. The smallest absolute Gasteiger partial charge is 0.0107 e. The molecule has 4 aliphatic carbocycles. The molecule has 4 saturated carbocycles. The zero-order valence-electron chi connectivity index (χ0n) is 12.7. The van der Waals surface area contributed by atoms with Gasteiger partial charge in [0.05, 0.1) is 0 Å². The molecule has 0 amide bonds. The van der Waals surface area contributed by atoms with Crippen molar-refractivity contribution < 1.29 is 0 Å². The van der Waals surface area contributed by atoms with Crippen LogP contribution in [0.15, 0.2) is 12.7 Å². The summed E-state index contributed by atoms with van der Waals surface area (Å²) in [6.45, 7) is 7.40. The minimum atomic E-state index is 0.689. The van der Waals surface area contributed by atoms with Crippen LogP contribution in [0.5, 0.6) is 0 Å². The summed E-state index contributed by atoms with van der Waals surface area (Å²) in [5.41, 5.74) is 0.711. The van der Waals surface area contributed by atoms with Gasteiger partial charge in [0, 0.05) is 6.04 Å². The van der Waals surface area contributed by atoms with E-state index in [1.54, 1.807) is 38.5 Å². The predicted octanol–water partition coefficient (Wildman–Crippen LogP) is 4.54. The molecular weight excluding hydrogens is 230 g/mol. The number of hydrogen-bond acceptors (Lipinski definition) is 1. The highest BCUT2D eigenvalue weighted by Gasteiger charge is 2.51. The summed E-state index contributed by atoms with van der Waals surface area (Å²) in [5, 5.41) is 3.77. The van der Waals surface area contributed by atoms with Crippen LogP contribution in [0.3, 0.4) is 0 Å². The minimum Gasteiger partial charge on any atom is -0.314 e. The standard InChI is InChI=1S/C18H31N/c1-3-5-17(19-6-4-2)13-18-10-14-7-15(11-18)9-16(8-14)12-18/h3,14-17,19H,1,4-13H2,2H3. The van der Waals surface area contributed by atoms with Crippen LogP contribution in [-0.4, -0.2) is 12.6 Å². The van der Waals surface area contributed by atoms with Crippen LogP contribution in [0, 0.1) is 23.2 Å². The third kappa shape index (κ3) is 2.91. The Morgan fingerprint density at radius 3 is 2.21 bits per heavy atom. The van der Waals surface area contributed by atoms with Crippen molar-refractivity contribution in [3.8, 4) is 0 Å². The van der Waals surface area contributed by atoms with Gasteiger partial charge in [0.15, 0.2) is 0 Å². The lowest BCUT2D eigenvalue weighted by Gasteiger charge is -2.57. The third-order valence-corrected chi connectivity index (χ3v) is 5.98. The first-order chi connectivity index (χ1) is 9.23. The lowest BCUT2D eigenvalue weighted by molar-refractivity contribution is -0.0618. The maximum atomic E-state index is 3.96. The van der Waals surface area contributed by atoms with Crippen LogP contribution in [0.25, 0.3) is 0 Å². The number of nitrogens with one attached hydrogen (secondary N) is 1. The van der Waals surface area contributed by atoms with Gasteiger partial charge in [-0.15, -0.1) is 6.58 Å². The second kappa shape index (κ2) is 5.60. The maximum Gasteiger partial charge on any atom is 0.0107 e. The zero-order valence-corrected chi connectivity index (χ0v) is 12.7. The van der Waals surface area contributed by atoms with E-state index in [0.29, 0.717) is 11.5 Å². The van der Waals surface area contributed by atoms with Crippen molar-refractivity contribution in [2.45, 2.75) is 70.8 Å². The molecule has 0 spiro atoms. The summed E-state index contributed by atoms with van der Waals surface area (Å²) < 4.78 is 0. The lowest BCUT2D eigenvalue weighted by Crippen LogP contribution is -2.48. The van der Waals surface area contributed by atoms with E-state index >= 15 is 0 Å². The van der Waals surface area contributed by atoms with E-state index in [1.807, 2.05) is 0 Å². The van der Waals surface area contributed by atoms with Gasteiger partial charge >= 0.3 is 0 Å². The fraction of sp³-hybridized carbons (Fsp3) is 0.889. The second-order valence-electron chi connectivity index (χ2n) is 7.80. The van der Waals surface area contributed by atoms with Crippen molar-refractivity contribution >= 4 is 0 Å². The van der Waals surface area contributed by atoms with Gasteiger partial charge < -0.3 is 5.32 Å². The van der Waals surface area contributed by atoms with Gasteiger partial charge in [-0.1, -0.05) is 13.0 Å². The molecule has 1 N–H and O–H groups in total. The Labute approximate surface area is 119 Å². The lowest BCUT2D eigenvalue weighted by atomic mass is 9.48. The Morgan fingerprint density at radius 1 is 1.16 bits per heavy atom. The second-order valence-corrected chi connectivity index (χ2v) is 7.80. The molecule has 0 aromatic rings. The summed E-state index contributed by atoms with van der Waals surface area (Å²) in [7, 11) is 0. The van der Waals surface area contributed by atoms with E-state index in [4.69, 9.17) is 0 Å². The summed E-state index contributed by atoms with van der Waals surface area (Å²) in [4.78, 5) is 0. The van der Waals surface area contributed by atoms with Crippen molar-refractivity contribution in [2.75, 3.05) is 6.54 Å². The van der Waals surface area contributed by atoms with E-state index in [1.165, 1.54) is 19.4 Å². The van der Waals surface area contributed by atoms with E-state index in [-0.39, 0.29) is 0 Å². The molecule has 0 aliphatic heterocycles. The van der Waals surface area contributed by atoms with Crippen molar-refractivity contribution in [1.29, 1.82) is 0 Å². The largest absolute Gasteiger partial charge is 0.314 e. The molecule has 0 heterocycles. The SMILES string of the molecule is C=CCC(CC12CC3CC(CC(C3)C1)C2)NCCC. The Morgan fingerprint density at radius 2 is 1.74 bits per heavy atom. The van der Waals surface area contributed by atoms with E-state index < -0.39 is 0 Å². The van der Waals surface area contributed by atoms with Crippen LogP contribution in [0.1, 0.15) is 64.7 Å². The van der Waals surface area contributed by atoms with Gasteiger partial charge in [-0.3, -0.25) is 0 Å². The van der Waals surface area contributed by atoms with Crippen molar-refractivity contribution in [3.05, 3.63) is 12.7 Å². The van der Waals surface area contributed by atoms with Crippen molar-refractivity contribution in [1.82, 2.24) is 5.32 Å². The molecule has 1 atom stereocenters. The molecule has 4 aliphatic rings. The summed E-state index contributed by atoms with van der Waals surface area (Å²) >= 11 is 0. The van der Waals surface area contributed by atoms with Crippen LogP contribution in [-0.2, 0) is 0 Å². The average molecular weight is 261 g/mol. The fourth-order valence-electron chi connectivity index (χ4n) is 5.85. The maximum absolute atomic E-state index is 3.96. The van der Waals surface area contributed by atoms with Gasteiger partial charge in [-0.2, -0.15) is 0 Å². The normalized spacial score (nSPS) is 41.4. The van der Waals surface area contributed by atoms with E-state index in [9.17, 15) is 0 Å². The molecule has 1 unspecified atom stereocenters. The zero-order chi connectivity index (χ0) is 13.3. The molecule has 19 heavy (non-hydrogen) atoms. The van der Waals surface area contributed by atoms with Gasteiger partial charge in [0.25, 0.3) is 0 Å². The highest BCUT2D eigenvalue weighted by atomic mass is 14.9. The molecule has 4 bridgehead atoms. The summed E-state index contributed by atoms with van der Waals surface area (Å²) in [5.74, 6) is 3.26. The first-order valence-corrected chi connectivity index (χ1v) is 8.57. The molecule has 108 valence electrons. The van der Waals surface area contributed by atoms with Crippen molar-refractivity contribution in [2.24, 2.45) is 23.2 Å². The predicted molar refractivity (Wildman–Crippen MR) is 82.1 cm³/mol. The number of rotatable bonds is 7. The Bertz CT molecular complexity index is 284. The Balaban J connectivity index is 1.65. The van der Waals surface area contributed by atoms with Gasteiger partial charge in [0.2, 0.25) is 0 Å². The van der Waals surface area contributed by atoms with E-state index in [2.05, 4.69) is 24.9 Å². The van der Waals surface area contributed by atoms with Crippen molar-refractivity contribution in [3.63, 3.8) is 0 Å². The monoisotopic (exact) mass is 261 g/mol. The topological polar surface area (TPSA) is 12.0 Å². The van der Waals surface area contributed by atoms with Gasteiger partial charge in [0.1, 0.15) is 0 Å². The minimum absolute atomic E-state index is 0.689. The first-order valence-electron chi connectivity index (χ1n) is 8.57. The molecule has 4 fully saturated rings. The Kier molecular flexibility index (Phi) is 4.03. The van der Waals surface area contributed by atoms with Crippen LogP contribution in [0.2, 0.25) is 0 Å². The molecule has 0 aromatic heterocycles. The van der Waals surface area contributed by atoms with Gasteiger partial charge in [-0.25, -0.2) is 0 Å². The van der Waals surface area contributed by atoms with E-state index in [0.717, 1.165) is 24.2 Å². The molecule has 0 aromatic carbocycles. The molecule has 0 radical (unpaired) electrons.